The summed E-state index contributed by atoms with van der Waals surface area (Å²) in [6, 6.07) is 6.76. The molecule has 1 heterocycles. The molecule has 214 valence electrons. The number of hydrogen-bond donors (Lipinski definition) is 4. The van der Waals surface area contributed by atoms with Gasteiger partial charge < -0.3 is 26.2 Å². The quantitative estimate of drug-likeness (QED) is 0.455. The molecular weight excluding hydrogens is 498 g/mol. The molecule has 0 spiro atoms. The molecule has 2 fully saturated rings. The van der Waals surface area contributed by atoms with E-state index in [9.17, 15) is 24.0 Å². The van der Waals surface area contributed by atoms with Gasteiger partial charge in [0, 0.05) is 38.4 Å². The first-order chi connectivity index (χ1) is 18.7. The molecule has 10 nitrogen and oxygen atoms in total. The monoisotopic (exact) mass is 541 g/mol. The molecular formula is C29H43N5O5. The average Bonchev–Trinajstić information content (AvgIpc) is 2.86. The fraction of sp³-hybridized carbons (Fsp3) is 0.621. The normalized spacial score (nSPS) is 24.9. The standard InChI is InChI=1S/C29H43N5O5/c1-19(2)25-28(38)30-15-9-17-34(29(39)22-12-7-13-22)16-8-14-24(35)32-23(18-21-10-5-4-6-11-21)27(37)31-20(3)26(36)33-25/h4-6,10-11,19-20,22-23,25H,7-9,12-18H2,1-3H3,(H,30,38)(H,31,37)(H,32,35)(H,33,36)/t20-,23+,25-/m1/s1. The predicted octanol–water partition coefficient (Wildman–Crippen LogP) is 1.29. The molecule has 3 atom stereocenters. The van der Waals surface area contributed by atoms with Crippen molar-refractivity contribution in [2.75, 3.05) is 19.6 Å². The SMILES string of the molecule is CC(C)[C@H]1NC(=O)[C@@H](C)NC(=O)[C@H](Cc2ccccc2)NC(=O)CCCN(C(=O)C2CCC2)CCCNC1=O. The topological polar surface area (TPSA) is 137 Å². The van der Waals surface area contributed by atoms with E-state index in [0.29, 0.717) is 32.5 Å². The first-order valence-corrected chi connectivity index (χ1v) is 14.2. The highest BCUT2D eigenvalue weighted by Crippen LogP contribution is 2.28. The summed E-state index contributed by atoms with van der Waals surface area (Å²) in [7, 11) is 0. The van der Waals surface area contributed by atoms with E-state index in [4.69, 9.17) is 0 Å². The van der Waals surface area contributed by atoms with Gasteiger partial charge in [-0.1, -0.05) is 50.6 Å². The van der Waals surface area contributed by atoms with Gasteiger partial charge in [0.1, 0.15) is 18.1 Å². The number of hydrogen-bond acceptors (Lipinski definition) is 5. The third-order valence-electron chi connectivity index (χ3n) is 7.44. The molecule has 5 amide bonds. The number of amides is 5. The molecule has 1 aliphatic carbocycles. The number of nitrogens with zero attached hydrogens (tertiary/aromatic N) is 1. The first-order valence-electron chi connectivity index (χ1n) is 14.2. The van der Waals surface area contributed by atoms with E-state index in [0.717, 1.165) is 24.8 Å². The molecule has 2 aliphatic rings. The van der Waals surface area contributed by atoms with Gasteiger partial charge in [0.2, 0.25) is 29.5 Å². The van der Waals surface area contributed by atoms with Crippen LogP contribution in [0.3, 0.4) is 0 Å². The first kappa shape index (κ1) is 30.1. The fourth-order valence-electron chi connectivity index (χ4n) is 4.79. The number of carbonyl (C=O) groups is 5. The highest BCUT2D eigenvalue weighted by atomic mass is 16.2. The van der Waals surface area contributed by atoms with Crippen molar-refractivity contribution < 1.29 is 24.0 Å². The summed E-state index contributed by atoms with van der Waals surface area (Å²) in [5.41, 5.74) is 0.867. The number of benzene rings is 1. The van der Waals surface area contributed by atoms with Crippen LogP contribution in [0.15, 0.2) is 30.3 Å². The van der Waals surface area contributed by atoms with Crippen molar-refractivity contribution in [1.82, 2.24) is 26.2 Å². The molecule has 0 bridgehead atoms. The Hall–Kier alpha value is -3.43. The summed E-state index contributed by atoms with van der Waals surface area (Å²) in [4.78, 5) is 66.7. The lowest BCUT2D eigenvalue weighted by molar-refractivity contribution is -0.138. The van der Waals surface area contributed by atoms with Crippen LogP contribution in [0.25, 0.3) is 0 Å². The lowest BCUT2D eigenvalue weighted by Gasteiger charge is -2.32. The summed E-state index contributed by atoms with van der Waals surface area (Å²) in [5.74, 6) is -1.60. The third kappa shape index (κ3) is 9.07. The Bertz CT molecular complexity index is 1010. The van der Waals surface area contributed by atoms with Gasteiger partial charge in [0.15, 0.2) is 0 Å². The van der Waals surface area contributed by atoms with Gasteiger partial charge in [0.05, 0.1) is 0 Å². The Morgan fingerprint density at radius 1 is 0.897 bits per heavy atom. The zero-order valence-electron chi connectivity index (χ0n) is 23.3. The van der Waals surface area contributed by atoms with Gasteiger partial charge >= 0.3 is 0 Å². The second-order valence-corrected chi connectivity index (χ2v) is 11.0. The van der Waals surface area contributed by atoms with Crippen LogP contribution in [0.4, 0.5) is 0 Å². The Morgan fingerprint density at radius 3 is 2.23 bits per heavy atom. The largest absolute Gasteiger partial charge is 0.354 e. The Morgan fingerprint density at radius 2 is 1.59 bits per heavy atom. The number of carbonyl (C=O) groups excluding carboxylic acids is 5. The molecule has 1 aliphatic heterocycles. The molecule has 3 rings (SSSR count). The Kier molecular flexibility index (Phi) is 11.3. The zero-order valence-corrected chi connectivity index (χ0v) is 23.3. The van der Waals surface area contributed by atoms with Crippen LogP contribution in [-0.4, -0.2) is 72.2 Å². The lowest BCUT2D eigenvalue weighted by Crippen LogP contribution is -2.57. The van der Waals surface area contributed by atoms with Crippen LogP contribution in [0.1, 0.15) is 64.9 Å². The molecule has 1 saturated carbocycles. The summed E-state index contributed by atoms with van der Waals surface area (Å²) >= 11 is 0. The maximum atomic E-state index is 13.2. The summed E-state index contributed by atoms with van der Waals surface area (Å²) < 4.78 is 0. The van der Waals surface area contributed by atoms with Gasteiger partial charge in [-0.3, -0.25) is 24.0 Å². The second-order valence-electron chi connectivity index (χ2n) is 11.0. The third-order valence-corrected chi connectivity index (χ3v) is 7.44. The van der Waals surface area contributed by atoms with Crippen LogP contribution in [0.2, 0.25) is 0 Å². The number of rotatable bonds is 4. The molecule has 1 aromatic rings. The van der Waals surface area contributed by atoms with Gasteiger partial charge in [-0.05, 0) is 44.1 Å². The fourth-order valence-corrected chi connectivity index (χ4v) is 4.79. The van der Waals surface area contributed by atoms with Crippen LogP contribution in [0.5, 0.6) is 0 Å². The van der Waals surface area contributed by atoms with Gasteiger partial charge in [-0.2, -0.15) is 0 Å². The molecule has 4 N–H and O–H groups in total. The average molecular weight is 542 g/mol. The van der Waals surface area contributed by atoms with E-state index in [1.54, 1.807) is 11.8 Å². The molecule has 10 heteroatoms. The van der Waals surface area contributed by atoms with Gasteiger partial charge in [0.25, 0.3) is 0 Å². The lowest BCUT2D eigenvalue weighted by atomic mass is 9.84. The predicted molar refractivity (Wildman–Crippen MR) is 147 cm³/mol. The minimum absolute atomic E-state index is 0.0350. The van der Waals surface area contributed by atoms with Crippen LogP contribution in [-0.2, 0) is 30.4 Å². The van der Waals surface area contributed by atoms with Gasteiger partial charge in [-0.15, -0.1) is 0 Å². The smallest absolute Gasteiger partial charge is 0.243 e. The van der Waals surface area contributed by atoms with Crippen LogP contribution < -0.4 is 21.3 Å². The summed E-state index contributed by atoms with van der Waals surface area (Å²) in [5, 5.41) is 11.2. The van der Waals surface area contributed by atoms with E-state index >= 15 is 0 Å². The number of nitrogens with one attached hydrogen (secondary N) is 4. The van der Waals surface area contributed by atoms with Crippen LogP contribution in [0, 0.1) is 11.8 Å². The second kappa shape index (κ2) is 14.6. The highest BCUT2D eigenvalue weighted by Gasteiger charge is 2.31. The maximum Gasteiger partial charge on any atom is 0.243 e. The minimum atomic E-state index is -0.910. The molecule has 1 saturated heterocycles. The van der Waals surface area contributed by atoms with E-state index in [1.165, 1.54) is 0 Å². The van der Waals surface area contributed by atoms with Crippen molar-refractivity contribution in [3.05, 3.63) is 35.9 Å². The highest BCUT2D eigenvalue weighted by molar-refractivity contribution is 5.94. The minimum Gasteiger partial charge on any atom is -0.354 e. The molecule has 0 aromatic heterocycles. The van der Waals surface area contributed by atoms with Crippen molar-refractivity contribution in [1.29, 1.82) is 0 Å². The Balaban J connectivity index is 1.78. The van der Waals surface area contributed by atoms with E-state index in [-0.39, 0.29) is 42.4 Å². The van der Waals surface area contributed by atoms with Crippen molar-refractivity contribution in [3.63, 3.8) is 0 Å². The van der Waals surface area contributed by atoms with Gasteiger partial charge in [-0.25, -0.2) is 0 Å². The van der Waals surface area contributed by atoms with Crippen LogP contribution >= 0.6 is 0 Å². The van der Waals surface area contributed by atoms with Crippen molar-refractivity contribution >= 4 is 29.5 Å². The van der Waals surface area contributed by atoms with E-state index in [1.807, 2.05) is 44.2 Å². The van der Waals surface area contributed by atoms with Crippen molar-refractivity contribution in [3.8, 4) is 0 Å². The Labute approximate surface area is 231 Å². The van der Waals surface area contributed by atoms with E-state index < -0.39 is 29.9 Å². The molecule has 39 heavy (non-hydrogen) atoms. The van der Waals surface area contributed by atoms with Crippen molar-refractivity contribution in [2.24, 2.45) is 11.8 Å². The molecule has 1 aromatic carbocycles. The van der Waals surface area contributed by atoms with E-state index in [2.05, 4.69) is 21.3 Å². The van der Waals surface area contributed by atoms with Crippen molar-refractivity contribution in [2.45, 2.75) is 83.8 Å². The summed E-state index contributed by atoms with van der Waals surface area (Å²) in [6.07, 6.45) is 4.28. The molecule has 0 radical (unpaired) electrons. The summed E-state index contributed by atoms with van der Waals surface area (Å²) in [6.45, 7) is 6.50. The zero-order chi connectivity index (χ0) is 28.4. The molecule has 0 unspecified atom stereocenters. The maximum absolute atomic E-state index is 13.2.